The molecule has 3 heterocycles. The summed E-state index contributed by atoms with van der Waals surface area (Å²) in [7, 11) is 0. The summed E-state index contributed by atoms with van der Waals surface area (Å²) in [5.74, 6) is 2.75. The van der Waals surface area contributed by atoms with E-state index in [1.807, 2.05) is 13.0 Å². The second kappa shape index (κ2) is 9.14. The highest BCUT2D eigenvalue weighted by Crippen LogP contribution is 2.41. The van der Waals surface area contributed by atoms with E-state index in [1.54, 1.807) is 23.7 Å². The molecule has 0 saturated heterocycles. The van der Waals surface area contributed by atoms with Crippen LogP contribution in [0, 0.1) is 24.2 Å². The normalized spacial score (nSPS) is 21.0. The Kier molecular flexibility index (Phi) is 6.22. The number of thiazole rings is 1. The molecule has 2 fully saturated rings. The van der Waals surface area contributed by atoms with E-state index < -0.39 is 0 Å². The number of anilines is 2. The van der Waals surface area contributed by atoms with E-state index in [-0.39, 0.29) is 12.0 Å². The van der Waals surface area contributed by atoms with Gasteiger partial charge in [0.2, 0.25) is 5.95 Å². The van der Waals surface area contributed by atoms with Gasteiger partial charge in [-0.2, -0.15) is 4.98 Å². The summed E-state index contributed by atoms with van der Waals surface area (Å²) in [4.78, 5) is 18.8. The van der Waals surface area contributed by atoms with Crippen LogP contribution in [-0.4, -0.2) is 44.2 Å². The fourth-order valence-corrected chi connectivity index (χ4v) is 5.99. The number of aryl methyl sites for hydroxylation is 1. The van der Waals surface area contributed by atoms with Gasteiger partial charge in [0.1, 0.15) is 16.3 Å². The van der Waals surface area contributed by atoms with Crippen molar-refractivity contribution in [1.82, 2.24) is 19.9 Å². The minimum absolute atomic E-state index is 0.213. The van der Waals surface area contributed by atoms with Gasteiger partial charge in [-0.25, -0.2) is 9.97 Å². The van der Waals surface area contributed by atoms with Gasteiger partial charge in [-0.15, -0.1) is 11.3 Å². The van der Waals surface area contributed by atoms with E-state index >= 15 is 0 Å². The van der Waals surface area contributed by atoms with Gasteiger partial charge in [0, 0.05) is 25.4 Å². The number of aliphatic hydroxyl groups is 1. The molecule has 0 unspecified atom stereocenters. The van der Waals surface area contributed by atoms with Crippen molar-refractivity contribution in [2.45, 2.75) is 65.3 Å². The summed E-state index contributed by atoms with van der Waals surface area (Å²) < 4.78 is 1.11. The third kappa shape index (κ3) is 5.27. The highest BCUT2D eigenvalue weighted by molar-refractivity contribution is 7.21. The zero-order valence-electron chi connectivity index (χ0n) is 19.8. The molecule has 8 heteroatoms. The first kappa shape index (κ1) is 22.5. The quantitative estimate of drug-likeness (QED) is 0.395. The van der Waals surface area contributed by atoms with Crippen molar-refractivity contribution in [1.29, 1.82) is 0 Å². The molecule has 3 N–H and O–H groups in total. The molecule has 3 aromatic rings. The average molecular weight is 467 g/mol. The van der Waals surface area contributed by atoms with Gasteiger partial charge >= 0.3 is 0 Å². The first-order valence-corrected chi connectivity index (χ1v) is 12.9. The SMILES string of the molecule is Cc1nc(NCC(C)(C)CC2CC2)nc(N[C@H]2CC[C@@H](CO)C2)c1-c1nc2cnccc2s1. The summed E-state index contributed by atoms with van der Waals surface area (Å²) in [5.41, 5.74) is 2.99. The van der Waals surface area contributed by atoms with Crippen molar-refractivity contribution in [3.05, 3.63) is 24.2 Å². The van der Waals surface area contributed by atoms with Crippen LogP contribution in [0.25, 0.3) is 20.8 Å². The summed E-state index contributed by atoms with van der Waals surface area (Å²) in [6.07, 6.45) is 10.6. The van der Waals surface area contributed by atoms with Crippen molar-refractivity contribution >= 4 is 33.3 Å². The van der Waals surface area contributed by atoms with E-state index in [0.717, 1.165) is 64.0 Å². The second-order valence-electron chi connectivity index (χ2n) is 10.6. The molecule has 0 bridgehead atoms. The van der Waals surface area contributed by atoms with Crippen LogP contribution in [0.5, 0.6) is 0 Å². The molecule has 5 rings (SSSR count). The highest BCUT2D eigenvalue weighted by atomic mass is 32.1. The Balaban J connectivity index is 1.44. The van der Waals surface area contributed by atoms with Crippen molar-refractivity contribution in [2.75, 3.05) is 23.8 Å². The Morgan fingerprint density at radius 3 is 2.67 bits per heavy atom. The van der Waals surface area contributed by atoms with Crippen LogP contribution in [0.15, 0.2) is 18.5 Å². The molecule has 2 aliphatic carbocycles. The fraction of sp³-hybridized carbons (Fsp3) is 0.600. The molecule has 176 valence electrons. The average Bonchev–Trinajstić information content (AvgIpc) is 3.30. The number of rotatable bonds is 9. The first-order chi connectivity index (χ1) is 15.9. The second-order valence-corrected chi connectivity index (χ2v) is 11.6. The molecule has 2 atom stereocenters. The van der Waals surface area contributed by atoms with Gasteiger partial charge in [0.05, 0.1) is 22.2 Å². The standard InChI is InChI=1S/C25H34N6OS/c1-15-21(23-30-19-12-26-9-8-20(19)33-23)22(29-18-7-6-17(10-18)13-32)31-24(28-15)27-14-25(2,3)11-16-4-5-16/h8-9,12,16-18,32H,4-7,10-11,13-14H2,1-3H3,(H2,27,28,29,31)/t17-,18+/m1/s1. The third-order valence-electron chi connectivity index (χ3n) is 6.90. The monoisotopic (exact) mass is 466 g/mol. The summed E-state index contributed by atoms with van der Waals surface area (Å²) in [6.45, 7) is 7.78. The number of aliphatic hydroxyl groups excluding tert-OH is 1. The molecule has 33 heavy (non-hydrogen) atoms. The molecule has 0 radical (unpaired) electrons. The summed E-state index contributed by atoms with van der Waals surface area (Å²) in [5, 5.41) is 17.7. The number of aromatic nitrogens is 4. The minimum atomic E-state index is 0.213. The molecule has 3 aromatic heterocycles. The predicted molar refractivity (Wildman–Crippen MR) is 135 cm³/mol. The summed E-state index contributed by atoms with van der Waals surface area (Å²) in [6, 6.07) is 2.30. The lowest BCUT2D eigenvalue weighted by atomic mass is 9.87. The number of nitrogens with zero attached hydrogens (tertiary/aromatic N) is 4. The molecule has 2 saturated carbocycles. The molecular formula is C25H34N6OS. The number of hydrogen-bond acceptors (Lipinski definition) is 8. The molecule has 0 aliphatic heterocycles. The lowest BCUT2D eigenvalue weighted by Gasteiger charge is -2.25. The first-order valence-electron chi connectivity index (χ1n) is 12.1. The number of fused-ring (bicyclic) bond motifs is 1. The topological polar surface area (TPSA) is 95.9 Å². The van der Waals surface area contributed by atoms with Crippen LogP contribution < -0.4 is 10.6 Å². The van der Waals surface area contributed by atoms with Gasteiger partial charge in [-0.1, -0.05) is 26.7 Å². The Bertz CT molecular complexity index is 1090. The molecule has 0 amide bonds. The number of hydrogen-bond donors (Lipinski definition) is 3. The number of pyridine rings is 1. The van der Waals surface area contributed by atoms with Gasteiger partial charge in [-0.05, 0) is 55.9 Å². The van der Waals surface area contributed by atoms with Crippen LogP contribution >= 0.6 is 11.3 Å². The maximum Gasteiger partial charge on any atom is 0.224 e. The Morgan fingerprint density at radius 1 is 1.12 bits per heavy atom. The van der Waals surface area contributed by atoms with E-state index in [2.05, 4.69) is 29.5 Å². The van der Waals surface area contributed by atoms with Crippen LogP contribution in [0.1, 0.15) is 58.1 Å². The molecule has 0 spiro atoms. The largest absolute Gasteiger partial charge is 0.396 e. The van der Waals surface area contributed by atoms with Crippen molar-refractivity contribution in [3.63, 3.8) is 0 Å². The van der Waals surface area contributed by atoms with Gasteiger partial charge < -0.3 is 15.7 Å². The van der Waals surface area contributed by atoms with Gasteiger partial charge in [0.25, 0.3) is 0 Å². The molecular weight excluding hydrogens is 432 g/mol. The molecule has 7 nitrogen and oxygen atoms in total. The Morgan fingerprint density at radius 2 is 1.94 bits per heavy atom. The van der Waals surface area contributed by atoms with Crippen molar-refractivity contribution in [2.24, 2.45) is 17.3 Å². The van der Waals surface area contributed by atoms with Crippen LogP contribution in [0.4, 0.5) is 11.8 Å². The third-order valence-corrected chi connectivity index (χ3v) is 7.95. The fourth-order valence-electron chi connectivity index (χ4n) is 4.96. The van der Waals surface area contributed by atoms with Gasteiger partial charge in [-0.3, -0.25) is 4.98 Å². The van der Waals surface area contributed by atoms with Crippen LogP contribution in [0.3, 0.4) is 0 Å². The van der Waals surface area contributed by atoms with E-state index in [1.165, 1.54) is 19.3 Å². The Labute approximate surface area is 199 Å². The maximum absolute atomic E-state index is 9.59. The van der Waals surface area contributed by atoms with E-state index in [0.29, 0.717) is 17.9 Å². The Hall–Kier alpha value is -2.32. The van der Waals surface area contributed by atoms with E-state index in [9.17, 15) is 5.11 Å². The summed E-state index contributed by atoms with van der Waals surface area (Å²) >= 11 is 1.65. The van der Waals surface area contributed by atoms with Crippen molar-refractivity contribution < 1.29 is 5.11 Å². The molecule has 2 aliphatic rings. The smallest absolute Gasteiger partial charge is 0.224 e. The zero-order chi connectivity index (χ0) is 23.0. The van der Waals surface area contributed by atoms with Gasteiger partial charge in [0.15, 0.2) is 0 Å². The highest BCUT2D eigenvalue weighted by Gasteiger charge is 2.30. The van der Waals surface area contributed by atoms with Crippen LogP contribution in [0.2, 0.25) is 0 Å². The lowest BCUT2D eigenvalue weighted by molar-refractivity contribution is 0.229. The maximum atomic E-state index is 9.59. The lowest BCUT2D eigenvalue weighted by Crippen LogP contribution is -2.25. The zero-order valence-corrected chi connectivity index (χ0v) is 20.6. The minimum Gasteiger partial charge on any atom is -0.396 e. The molecule has 0 aromatic carbocycles. The van der Waals surface area contributed by atoms with Crippen molar-refractivity contribution in [3.8, 4) is 10.6 Å². The van der Waals surface area contributed by atoms with Crippen LogP contribution in [-0.2, 0) is 0 Å². The number of nitrogens with one attached hydrogen (secondary N) is 2. The predicted octanol–water partition coefficient (Wildman–Crippen LogP) is 5.27. The van der Waals surface area contributed by atoms with E-state index in [4.69, 9.17) is 15.0 Å².